The standard InChI is InChI=1S/C13H20N4O/c1-3-11-7-13(15-9-14-11)17-6-4-5-12(8-17)16-10(2)18/h7,9,12H,3-6,8H2,1-2H3,(H,16,18). The summed E-state index contributed by atoms with van der Waals surface area (Å²) < 4.78 is 0. The third-order valence-corrected chi connectivity index (χ3v) is 3.22. The number of carbonyl (C=O) groups is 1. The van der Waals surface area contributed by atoms with Gasteiger partial charge in [0, 0.05) is 37.8 Å². The second kappa shape index (κ2) is 5.80. The SMILES string of the molecule is CCc1cc(N2CCCC(NC(C)=O)C2)ncn1. The Hall–Kier alpha value is -1.65. The van der Waals surface area contributed by atoms with Gasteiger partial charge >= 0.3 is 0 Å². The van der Waals surface area contributed by atoms with E-state index in [1.54, 1.807) is 13.3 Å². The Morgan fingerprint density at radius 3 is 3.11 bits per heavy atom. The predicted molar refractivity (Wildman–Crippen MR) is 70.5 cm³/mol. The van der Waals surface area contributed by atoms with Gasteiger partial charge < -0.3 is 10.2 Å². The van der Waals surface area contributed by atoms with E-state index in [-0.39, 0.29) is 11.9 Å². The van der Waals surface area contributed by atoms with E-state index in [0.29, 0.717) is 0 Å². The number of hydrogen-bond donors (Lipinski definition) is 1. The minimum Gasteiger partial charge on any atom is -0.354 e. The van der Waals surface area contributed by atoms with Crippen molar-refractivity contribution in [2.24, 2.45) is 0 Å². The molecule has 0 aliphatic carbocycles. The lowest BCUT2D eigenvalue weighted by Gasteiger charge is -2.33. The predicted octanol–water partition coefficient (Wildman–Crippen LogP) is 1.14. The van der Waals surface area contributed by atoms with Crippen molar-refractivity contribution in [3.8, 4) is 0 Å². The van der Waals surface area contributed by atoms with Gasteiger partial charge in [-0.05, 0) is 19.3 Å². The zero-order chi connectivity index (χ0) is 13.0. The van der Waals surface area contributed by atoms with Crippen LogP contribution in [0.4, 0.5) is 5.82 Å². The normalized spacial score (nSPS) is 19.7. The number of aromatic nitrogens is 2. The summed E-state index contributed by atoms with van der Waals surface area (Å²) in [5.41, 5.74) is 1.06. The minimum absolute atomic E-state index is 0.0405. The van der Waals surface area contributed by atoms with Crippen molar-refractivity contribution in [2.75, 3.05) is 18.0 Å². The van der Waals surface area contributed by atoms with Gasteiger partial charge in [0.1, 0.15) is 12.1 Å². The summed E-state index contributed by atoms with van der Waals surface area (Å²) >= 11 is 0. The second-order valence-corrected chi connectivity index (χ2v) is 4.71. The highest BCUT2D eigenvalue weighted by molar-refractivity contribution is 5.73. The Labute approximate surface area is 108 Å². The third-order valence-electron chi connectivity index (χ3n) is 3.22. The molecule has 2 rings (SSSR count). The van der Waals surface area contributed by atoms with Crippen LogP contribution in [0, 0.1) is 0 Å². The van der Waals surface area contributed by atoms with Crippen LogP contribution in [0.5, 0.6) is 0 Å². The molecule has 2 heterocycles. The topological polar surface area (TPSA) is 58.1 Å². The highest BCUT2D eigenvalue weighted by Gasteiger charge is 2.21. The molecule has 1 aliphatic heterocycles. The van der Waals surface area contributed by atoms with Gasteiger partial charge in [0.25, 0.3) is 0 Å². The van der Waals surface area contributed by atoms with Gasteiger partial charge in [-0.3, -0.25) is 4.79 Å². The molecule has 1 amide bonds. The molecule has 1 saturated heterocycles. The zero-order valence-electron chi connectivity index (χ0n) is 11.0. The van der Waals surface area contributed by atoms with Gasteiger partial charge in [0.05, 0.1) is 0 Å². The van der Waals surface area contributed by atoms with Crippen LogP contribution in [0.25, 0.3) is 0 Å². The van der Waals surface area contributed by atoms with Crippen LogP contribution in [-0.4, -0.2) is 35.0 Å². The van der Waals surface area contributed by atoms with E-state index in [2.05, 4.69) is 27.1 Å². The van der Waals surface area contributed by atoms with E-state index in [0.717, 1.165) is 43.9 Å². The van der Waals surface area contributed by atoms with Crippen molar-refractivity contribution in [3.63, 3.8) is 0 Å². The number of nitrogens with one attached hydrogen (secondary N) is 1. The van der Waals surface area contributed by atoms with E-state index < -0.39 is 0 Å². The number of piperidine rings is 1. The lowest BCUT2D eigenvalue weighted by molar-refractivity contribution is -0.119. The van der Waals surface area contributed by atoms with Crippen LogP contribution in [0.2, 0.25) is 0 Å². The summed E-state index contributed by atoms with van der Waals surface area (Å²) in [6.45, 7) is 5.48. The second-order valence-electron chi connectivity index (χ2n) is 4.71. The highest BCUT2D eigenvalue weighted by atomic mass is 16.1. The van der Waals surface area contributed by atoms with Gasteiger partial charge in [0.2, 0.25) is 5.91 Å². The molecule has 1 aliphatic rings. The lowest BCUT2D eigenvalue weighted by atomic mass is 10.1. The average Bonchev–Trinajstić information content (AvgIpc) is 2.38. The fourth-order valence-electron chi connectivity index (χ4n) is 2.34. The maximum absolute atomic E-state index is 11.1. The maximum Gasteiger partial charge on any atom is 0.217 e. The molecule has 1 aromatic heterocycles. The van der Waals surface area contributed by atoms with Crippen molar-refractivity contribution >= 4 is 11.7 Å². The smallest absolute Gasteiger partial charge is 0.217 e. The molecule has 1 N–H and O–H groups in total. The minimum atomic E-state index is 0.0405. The number of nitrogens with zero attached hydrogens (tertiary/aromatic N) is 3. The molecule has 1 atom stereocenters. The maximum atomic E-state index is 11.1. The highest BCUT2D eigenvalue weighted by Crippen LogP contribution is 2.18. The first-order chi connectivity index (χ1) is 8.69. The first-order valence-electron chi connectivity index (χ1n) is 6.52. The molecule has 98 valence electrons. The molecule has 1 fully saturated rings. The van der Waals surface area contributed by atoms with E-state index in [1.165, 1.54) is 0 Å². The molecule has 0 radical (unpaired) electrons. The largest absolute Gasteiger partial charge is 0.354 e. The molecule has 5 nitrogen and oxygen atoms in total. The summed E-state index contributed by atoms with van der Waals surface area (Å²) in [5.74, 6) is 1.01. The van der Waals surface area contributed by atoms with Crippen molar-refractivity contribution in [1.29, 1.82) is 0 Å². The Kier molecular flexibility index (Phi) is 4.12. The summed E-state index contributed by atoms with van der Waals surface area (Å²) in [6, 6.07) is 2.27. The quantitative estimate of drug-likeness (QED) is 0.871. The van der Waals surface area contributed by atoms with Crippen molar-refractivity contribution < 1.29 is 4.79 Å². The zero-order valence-corrected chi connectivity index (χ0v) is 11.0. The first-order valence-corrected chi connectivity index (χ1v) is 6.52. The van der Waals surface area contributed by atoms with Crippen LogP contribution in [0.15, 0.2) is 12.4 Å². The number of aryl methyl sites for hydroxylation is 1. The van der Waals surface area contributed by atoms with E-state index >= 15 is 0 Å². The van der Waals surface area contributed by atoms with Crippen molar-refractivity contribution in [2.45, 2.75) is 39.2 Å². The number of hydrogen-bond acceptors (Lipinski definition) is 4. The number of anilines is 1. The third kappa shape index (κ3) is 3.18. The van der Waals surface area contributed by atoms with Gasteiger partial charge in [-0.2, -0.15) is 0 Å². The van der Waals surface area contributed by atoms with Crippen molar-refractivity contribution in [3.05, 3.63) is 18.1 Å². The fraction of sp³-hybridized carbons (Fsp3) is 0.615. The Balaban J connectivity index is 2.05. The van der Waals surface area contributed by atoms with Crippen molar-refractivity contribution in [1.82, 2.24) is 15.3 Å². The monoisotopic (exact) mass is 248 g/mol. The van der Waals surface area contributed by atoms with Crippen LogP contribution in [0.3, 0.4) is 0 Å². The molecule has 0 bridgehead atoms. The van der Waals surface area contributed by atoms with Crippen LogP contribution >= 0.6 is 0 Å². The summed E-state index contributed by atoms with van der Waals surface area (Å²) in [4.78, 5) is 21.9. The number of rotatable bonds is 3. The molecule has 18 heavy (non-hydrogen) atoms. The van der Waals surface area contributed by atoms with Crippen LogP contribution in [0.1, 0.15) is 32.4 Å². The van der Waals surface area contributed by atoms with E-state index in [9.17, 15) is 4.79 Å². The molecular formula is C13H20N4O. The summed E-state index contributed by atoms with van der Waals surface area (Å²) in [7, 11) is 0. The Morgan fingerprint density at radius 1 is 1.56 bits per heavy atom. The van der Waals surface area contributed by atoms with Crippen LogP contribution in [-0.2, 0) is 11.2 Å². The molecule has 1 aromatic rings. The lowest BCUT2D eigenvalue weighted by Crippen LogP contribution is -2.47. The van der Waals surface area contributed by atoms with E-state index in [4.69, 9.17) is 0 Å². The molecule has 0 saturated carbocycles. The molecular weight excluding hydrogens is 228 g/mol. The molecule has 1 unspecified atom stereocenters. The fourth-order valence-corrected chi connectivity index (χ4v) is 2.34. The Morgan fingerprint density at radius 2 is 2.39 bits per heavy atom. The first kappa shape index (κ1) is 12.8. The molecule has 0 spiro atoms. The van der Waals surface area contributed by atoms with Gasteiger partial charge in [-0.1, -0.05) is 6.92 Å². The van der Waals surface area contributed by atoms with Gasteiger partial charge in [0.15, 0.2) is 0 Å². The summed E-state index contributed by atoms with van der Waals surface area (Å²) in [6.07, 6.45) is 4.66. The number of amides is 1. The van der Waals surface area contributed by atoms with Gasteiger partial charge in [-0.15, -0.1) is 0 Å². The molecule has 5 heteroatoms. The summed E-state index contributed by atoms with van der Waals surface area (Å²) in [5, 5.41) is 2.99. The van der Waals surface area contributed by atoms with Crippen LogP contribution < -0.4 is 10.2 Å². The van der Waals surface area contributed by atoms with E-state index in [1.807, 2.05) is 6.07 Å². The Bertz CT molecular complexity index is 421. The van der Waals surface area contributed by atoms with Gasteiger partial charge in [-0.25, -0.2) is 9.97 Å². The average molecular weight is 248 g/mol. The molecule has 0 aromatic carbocycles. The number of carbonyl (C=O) groups excluding carboxylic acids is 1.